The molecule has 0 atom stereocenters. The third-order valence-electron chi connectivity index (χ3n) is 10.7. The van der Waals surface area contributed by atoms with Gasteiger partial charge in [0, 0.05) is 74.4 Å². The molecule has 0 fully saturated rings. The molecule has 2 heterocycles. The van der Waals surface area contributed by atoms with Crippen molar-refractivity contribution in [3.63, 3.8) is 0 Å². The highest BCUT2D eigenvalue weighted by Gasteiger charge is 2.19. The standard InChI is InChI=1S/C54H39N5/c1-5-16-42(17-6-1)57(43-18-7-2-8-19-43)47-29-33-49(34-30-47)59(50-35-31-48(32-36-50)58(44-20-9-3-10-21-44)45-22-11-4-12-23-45)46-27-25-40(26-28-46)52-39-41-15-13-37-55-53(41)54-51(52)24-14-38-56-54/h1-39H. The summed E-state index contributed by atoms with van der Waals surface area (Å²) in [5, 5.41) is 2.15. The molecule has 10 rings (SSSR count). The van der Waals surface area contributed by atoms with Gasteiger partial charge in [0.25, 0.3) is 0 Å². The van der Waals surface area contributed by atoms with Crippen molar-refractivity contribution in [2.45, 2.75) is 0 Å². The van der Waals surface area contributed by atoms with Crippen molar-refractivity contribution >= 4 is 73.0 Å². The Labute approximate surface area is 344 Å². The Balaban J connectivity index is 1.07. The Morgan fingerprint density at radius 2 is 0.593 bits per heavy atom. The van der Waals surface area contributed by atoms with Gasteiger partial charge >= 0.3 is 0 Å². The van der Waals surface area contributed by atoms with E-state index in [-0.39, 0.29) is 0 Å². The normalized spacial score (nSPS) is 11.1. The number of hydrogen-bond acceptors (Lipinski definition) is 5. The van der Waals surface area contributed by atoms with Crippen LogP contribution < -0.4 is 14.7 Å². The number of nitrogens with zero attached hydrogens (tertiary/aromatic N) is 5. The first-order chi connectivity index (χ1) is 29.3. The van der Waals surface area contributed by atoms with Crippen LogP contribution in [-0.2, 0) is 0 Å². The van der Waals surface area contributed by atoms with Crippen LogP contribution in [0.4, 0.5) is 51.2 Å². The highest BCUT2D eigenvalue weighted by atomic mass is 15.2. The van der Waals surface area contributed by atoms with Gasteiger partial charge in [-0.25, -0.2) is 0 Å². The zero-order valence-electron chi connectivity index (χ0n) is 32.3. The van der Waals surface area contributed by atoms with Crippen LogP contribution in [0.25, 0.3) is 32.9 Å². The van der Waals surface area contributed by atoms with Gasteiger partial charge in [0.2, 0.25) is 0 Å². The molecule has 5 nitrogen and oxygen atoms in total. The molecule has 5 heteroatoms. The zero-order valence-corrected chi connectivity index (χ0v) is 32.3. The summed E-state index contributed by atoms with van der Waals surface area (Å²) in [4.78, 5) is 16.3. The van der Waals surface area contributed by atoms with E-state index in [0.717, 1.165) is 84.1 Å². The van der Waals surface area contributed by atoms with Crippen molar-refractivity contribution in [1.29, 1.82) is 0 Å². The van der Waals surface area contributed by atoms with E-state index in [2.05, 4.69) is 232 Å². The molecule has 0 unspecified atom stereocenters. The molecule has 10 aromatic rings. The van der Waals surface area contributed by atoms with Gasteiger partial charge in [-0.1, -0.05) is 97.1 Å². The molecule has 0 aliphatic heterocycles. The molecule has 59 heavy (non-hydrogen) atoms. The molecular weight excluding hydrogens is 719 g/mol. The molecule has 2 aromatic heterocycles. The second-order valence-corrected chi connectivity index (χ2v) is 14.3. The van der Waals surface area contributed by atoms with E-state index >= 15 is 0 Å². The SMILES string of the molecule is c1ccc(N(c2ccccc2)c2ccc(N(c3ccc(-c4cc5cccnc5c5ncccc45)cc3)c3ccc(N(c4ccccc4)c4ccccc4)cc3)cc2)cc1. The second kappa shape index (κ2) is 15.8. The molecule has 0 bridgehead atoms. The Hall–Kier alpha value is -8.02. The lowest BCUT2D eigenvalue weighted by atomic mass is 9.97. The quantitative estimate of drug-likeness (QED) is 0.130. The molecule has 0 aliphatic rings. The summed E-state index contributed by atoms with van der Waals surface area (Å²) in [6.45, 7) is 0. The maximum atomic E-state index is 4.76. The van der Waals surface area contributed by atoms with Gasteiger partial charge in [0.05, 0.1) is 11.0 Å². The molecule has 0 amide bonds. The number of anilines is 9. The maximum Gasteiger partial charge on any atom is 0.0970 e. The number of hydrogen-bond donors (Lipinski definition) is 0. The van der Waals surface area contributed by atoms with E-state index in [0.29, 0.717) is 0 Å². The first-order valence-corrected chi connectivity index (χ1v) is 19.8. The lowest BCUT2D eigenvalue weighted by molar-refractivity contribution is 1.24. The van der Waals surface area contributed by atoms with E-state index in [1.54, 1.807) is 0 Å². The lowest BCUT2D eigenvalue weighted by Gasteiger charge is -2.29. The maximum absolute atomic E-state index is 4.76. The van der Waals surface area contributed by atoms with Gasteiger partial charge in [-0.15, -0.1) is 0 Å². The van der Waals surface area contributed by atoms with Gasteiger partial charge in [-0.3, -0.25) is 9.97 Å². The molecule has 8 aromatic carbocycles. The van der Waals surface area contributed by atoms with Crippen LogP contribution in [0.2, 0.25) is 0 Å². The highest BCUT2D eigenvalue weighted by molar-refractivity contribution is 6.10. The molecule has 0 spiro atoms. The highest BCUT2D eigenvalue weighted by Crippen LogP contribution is 2.42. The number of fused-ring (bicyclic) bond motifs is 3. The van der Waals surface area contributed by atoms with Crippen molar-refractivity contribution in [2.24, 2.45) is 0 Å². The summed E-state index contributed by atoms with van der Waals surface area (Å²) in [6.07, 6.45) is 3.68. The van der Waals surface area contributed by atoms with Crippen molar-refractivity contribution in [3.05, 3.63) is 237 Å². The van der Waals surface area contributed by atoms with Gasteiger partial charge in [-0.2, -0.15) is 0 Å². The number of pyridine rings is 2. The Morgan fingerprint density at radius 1 is 0.271 bits per heavy atom. The lowest BCUT2D eigenvalue weighted by Crippen LogP contribution is -2.13. The number of aromatic nitrogens is 2. The molecule has 0 aliphatic carbocycles. The third kappa shape index (κ3) is 7.02. The van der Waals surface area contributed by atoms with Crippen LogP contribution in [0.5, 0.6) is 0 Å². The van der Waals surface area contributed by atoms with Crippen molar-refractivity contribution < 1.29 is 0 Å². The van der Waals surface area contributed by atoms with E-state index < -0.39 is 0 Å². The molecular formula is C54H39N5. The second-order valence-electron chi connectivity index (χ2n) is 14.3. The van der Waals surface area contributed by atoms with Crippen LogP contribution in [-0.4, -0.2) is 9.97 Å². The fourth-order valence-electron chi connectivity index (χ4n) is 7.96. The van der Waals surface area contributed by atoms with Crippen LogP contribution >= 0.6 is 0 Å². The van der Waals surface area contributed by atoms with Crippen LogP contribution in [0.3, 0.4) is 0 Å². The molecule has 280 valence electrons. The minimum Gasteiger partial charge on any atom is -0.311 e. The first-order valence-electron chi connectivity index (χ1n) is 19.8. The van der Waals surface area contributed by atoms with Gasteiger partial charge < -0.3 is 14.7 Å². The van der Waals surface area contributed by atoms with Crippen molar-refractivity contribution in [1.82, 2.24) is 9.97 Å². The van der Waals surface area contributed by atoms with Crippen molar-refractivity contribution in [3.8, 4) is 11.1 Å². The number of rotatable bonds is 10. The molecule has 0 saturated carbocycles. The largest absolute Gasteiger partial charge is 0.311 e. The van der Waals surface area contributed by atoms with E-state index in [4.69, 9.17) is 4.98 Å². The van der Waals surface area contributed by atoms with Crippen molar-refractivity contribution in [2.75, 3.05) is 14.7 Å². The summed E-state index contributed by atoms with van der Waals surface area (Å²) in [5.41, 5.74) is 13.8. The Bertz CT molecular complexity index is 2750. The van der Waals surface area contributed by atoms with E-state index in [9.17, 15) is 0 Å². The third-order valence-corrected chi connectivity index (χ3v) is 10.7. The van der Waals surface area contributed by atoms with Gasteiger partial charge in [-0.05, 0) is 139 Å². The Kier molecular flexibility index (Phi) is 9.51. The molecule has 0 saturated heterocycles. The molecule has 0 N–H and O–H groups in total. The van der Waals surface area contributed by atoms with Crippen LogP contribution in [0, 0.1) is 0 Å². The summed E-state index contributed by atoms with van der Waals surface area (Å²) >= 11 is 0. The number of benzene rings is 8. The summed E-state index contributed by atoms with van der Waals surface area (Å²) in [6, 6.07) is 79.1. The van der Waals surface area contributed by atoms with E-state index in [1.807, 2.05) is 24.5 Å². The van der Waals surface area contributed by atoms with E-state index in [1.165, 1.54) is 0 Å². The summed E-state index contributed by atoms with van der Waals surface area (Å²) in [7, 11) is 0. The fourth-order valence-corrected chi connectivity index (χ4v) is 7.96. The average molecular weight is 758 g/mol. The predicted octanol–water partition coefficient (Wildman–Crippen LogP) is 14.9. The smallest absolute Gasteiger partial charge is 0.0970 e. The predicted molar refractivity (Wildman–Crippen MR) is 247 cm³/mol. The topological polar surface area (TPSA) is 35.5 Å². The summed E-state index contributed by atoms with van der Waals surface area (Å²) in [5.74, 6) is 0. The average Bonchev–Trinajstić information content (AvgIpc) is 3.32. The van der Waals surface area contributed by atoms with Crippen LogP contribution in [0.1, 0.15) is 0 Å². The van der Waals surface area contributed by atoms with Gasteiger partial charge in [0.15, 0.2) is 0 Å². The minimum atomic E-state index is 0.909. The Morgan fingerprint density at radius 3 is 0.983 bits per heavy atom. The molecule has 0 radical (unpaired) electrons. The minimum absolute atomic E-state index is 0.909. The number of para-hydroxylation sites is 4. The zero-order chi connectivity index (χ0) is 39.4. The monoisotopic (exact) mass is 757 g/mol. The summed E-state index contributed by atoms with van der Waals surface area (Å²) < 4.78 is 0. The van der Waals surface area contributed by atoms with Crippen LogP contribution in [0.15, 0.2) is 237 Å². The first kappa shape index (κ1) is 35.4. The van der Waals surface area contributed by atoms with Gasteiger partial charge in [0.1, 0.15) is 0 Å². The fraction of sp³-hybridized carbons (Fsp3) is 0.